The van der Waals surface area contributed by atoms with Crippen LogP contribution < -0.4 is 5.32 Å². The molecular weight excluding hydrogens is 308 g/mol. The first kappa shape index (κ1) is 18.0. The molecule has 130 valence electrons. The highest BCUT2D eigenvalue weighted by atomic mass is 16.5. The lowest BCUT2D eigenvalue weighted by Crippen LogP contribution is -2.50. The third kappa shape index (κ3) is 4.34. The van der Waals surface area contributed by atoms with E-state index in [0.717, 1.165) is 12.8 Å². The van der Waals surface area contributed by atoms with E-state index in [1.54, 1.807) is 29.2 Å². The number of likely N-dealkylation sites (tertiary alicyclic amines) is 1. The van der Waals surface area contributed by atoms with Crippen molar-refractivity contribution in [3.8, 4) is 0 Å². The van der Waals surface area contributed by atoms with Gasteiger partial charge in [0, 0.05) is 30.6 Å². The highest BCUT2D eigenvalue weighted by molar-refractivity contribution is 5.96. The average molecular weight is 332 g/mol. The molecule has 1 saturated heterocycles. The van der Waals surface area contributed by atoms with E-state index in [9.17, 15) is 14.4 Å². The number of hydrogen-bond acceptors (Lipinski definition) is 4. The molecule has 0 aromatic heterocycles. The number of nitrogens with zero attached hydrogens (tertiary/aromatic N) is 1. The van der Waals surface area contributed by atoms with Gasteiger partial charge in [0.2, 0.25) is 5.91 Å². The van der Waals surface area contributed by atoms with Gasteiger partial charge in [-0.25, -0.2) is 4.79 Å². The number of nitrogens with one attached hydrogen (secondary N) is 1. The molecule has 1 fully saturated rings. The van der Waals surface area contributed by atoms with Crippen LogP contribution in [0.15, 0.2) is 24.3 Å². The van der Waals surface area contributed by atoms with Gasteiger partial charge in [0.25, 0.3) is 5.91 Å². The molecule has 1 heterocycles. The summed E-state index contributed by atoms with van der Waals surface area (Å²) in [6.45, 7) is 4.88. The van der Waals surface area contributed by atoms with E-state index < -0.39 is 5.97 Å². The number of hydrogen-bond donors (Lipinski definition) is 1. The van der Waals surface area contributed by atoms with Gasteiger partial charge in [-0.2, -0.15) is 0 Å². The second-order valence-electron chi connectivity index (χ2n) is 6.32. The van der Waals surface area contributed by atoms with Crippen LogP contribution in [0.4, 0.5) is 0 Å². The third-order valence-electron chi connectivity index (χ3n) is 4.13. The quantitative estimate of drug-likeness (QED) is 0.854. The summed E-state index contributed by atoms with van der Waals surface area (Å²) in [5, 5.41) is 2.99. The predicted octanol–water partition coefficient (Wildman–Crippen LogP) is 1.85. The van der Waals surface area contributed by atoms with E-state index in [0.29, 0.717) is 24.2 Å². The Morgan fingerprint density at radius 3 is 2.38 bits per heavy atom. The largest absolute Gasteiger partial charge is 0.465 e. The minimum Gasteiger partial charge on any atom is -0.465 e. The van der Waals surface area contributed by atoms with Crippen LogP contribution in [-0.2, 0) is 9.53 Å². The molecule has 2 amide bonds. The highest BCUT2D eigenvalue weighted by Gasteiger charge is 2.26. The Hall–Kier alpha value is -2.37. The molecular formula is C18H24N2O4. The van der Waals surface area contributed by atoms with Crippen LogP contribution >= 0.6 is 0 Å². The molecule has 1 aliphatic rings. The Morgan fingerprint density at radius 1 is 1.17 bits per heavy atom. The molecule has 6 nitrogen and oxygen atoms in total. The number of carbonyl (C=O) groups excluding carboxylic acids is 3. The standard InChI is InChI=1S/C18H24N2O4/c1-12(2)16(21)19-15-5-4-10-20(11-15)17(22)13-6-8-14(9-7-13)18(23)24-3/h6-9,12,15H,4-5,10-11H2,1-3H3,(H,19,21). The van der Waals surface area contributed by atoms with Crippen molar-refractivity contribution in [2.75, 3.05) is 20.2 Å². The second kappa shape index (κ2) is 7.95. The van der Waals surface area contributed by atoms with Crippen LogP contribution in [0.5, 0.6) is 0 Å². The van der Waals surface area contributed by atoms with Crippen molar-refractivity contribution < 1.29 is 19.1 Å². The van der Waals surface area contributed by atoms with Crippen LogP contribution in [0.3, 0.4) is 0 Å². The summed E-state index contributed by atoms with van der Waals surface area (Å²) >= 11 is 0. The molecule has 0 saturated carbocycles. The van der Waals surface area contributed by atoms with Crippen LogP contribution in [0.25, 0.3) is 0 Å². The zero-order valence-electron chi connectivity index (χ0n) is 14.4. The van der Waals surface area contributed by atoms with Crippen LogP contribution in [-0.4, -0.2) is 48.9 Å². The number of methoxy groups -OCH3 is 1. The summed E-state index contributed by atoms with van der Waals surface area (Å²) < 4.78 is 4.65. The second-order valence-corrected chi connectivity index (χ2v) is 6.32. The van der Waals surface area contributed by atoms with Gasteiger partial charge < -0.3 is 15.0 Å². The van der Waals surface area contributed by atoms with Crippen LogP contribution in [0, 0.1) is 5.92 Å². The minimum absolute atomic E-state index is 0.00746. The van der Waals surface area contributed by atoms with Gasteiger partial charge in [-0.05, 0) is 37.1 Å². The maximum atomic E-state index is 12.6. The Balaban J connectivity index is 2.01. The molecule has 1 aromatic rings. The maximum Gasteiger partial charge on any atom is 0.337 e. The Bertz CT molecular complexity index is 610. The lowest BCUT2D eigenvalue weighted by molar-refractivity contribution is -0.125. The Kier molecular flexibility index (Phi) is 5.95. The van der Waals surface area contributed by atoms with Crippen molar-refractivity contribution in [1.82, 2.24) is 10.2 Å². The summed E-state index contributed by atoms with van der Waals surface area (Å²) in [4.78, 5) is 37.6. The lowest BCUT2D eigenvalue weighted by atomic mass is 10.0. The molecule has 0 bridgehead atoms. The number of benzene rings is 1. The maximum absolute atomic E-state index is 12.6. The number of amides is 2. The molecule has 0 radical (unpaired) electrons. The predicted molar refractivity (Wildman–Crippen MR) is 89.7 cm³/mol. The molecule has 1 aromatic carbocycles. The number of esters is 1. The molecule has 24 heavy (non-hydrogen) atoms. The topological polar surface area (TPSA) is 75.7 Å². The number of ether oxygens (including phenoxy) is 1. The summed E-state index contributed by atoms with van der Waals surface area (Å²) in [6, 6.07) is 6.42. The van der Waals surface area contributed by atoms with Gasteiger partial charge in [0.05, 0.1) is 12.7 Å². The van der Waals surface area contributed by atoms with Crippen molar-refractivity contribution in [2.45, 2.75) is 32.7 Å². The molecule has 0 aliphatic carbocycles. The van der Waals surface area contributed by atoms with Gasteiger partial charge in [-0.3, -0.25) is 9.59 Å². The summed E-state index contributed by atoms with van der Waals surface area (Å²) in [5.74, 6) is -0.572. The lowest BCUT2D eigenvalue weighted by Gasteiger charge is -2.33. The van der Waals surface area contributed by atoms with E-state index in [4.69, 9.17) is 0 Å². The third-order valence-corrected chi connectivity index (χ3v) is 4.13. The first-order valence-corrected chi connectivity index (χ1v) is 8.20. The average Bonchev–Trinajstić information content (AvgIpc) is 2.60. The number of rotatable bonds is 4. The minimum atomic E-state index is -0.427. The van der Waals surface area contributed by atoms with Gasteiger partial charge in [0.15, 0.2) is 0 Å². The molecule has 1 aliphatic heterocycles. The summed E-state index contributed by atoms with van der Waals surface area (Å²) in [7, 11) is 1.32. The van der Waals surface area contributed by atoms with Gasteiger partial charge in [-0.15, -0.1) is 0 Å². The van der Waals surface area contributed by atoms with E-state index in [2.05, 4.69) is 10.1 Å². The molecule has 1 unspecified atom stereocenters. The zero-order valence-corrected chi connectivity index (χ0v) is 14.4. The Morgan fingerprint density at radius 2 is 1.79 bits per heavy atom. The van der Waals surface area contributed by atoms with Gasteiger partial charge in [0.1, 0.15) is 0 Å². The van der Waals surface area contributed by atoms with Crippen molar-refractivity contribution >= 4 is 17.8 Å². The van der Waals surface area contributed by atoms with E-state index >= 15 is 0 Å². The normalized spacial score (nSPS) is 17.5. The van der Waals surface area contributed by atoms with E-state index in [1.165, 1.54) is 7.11 Å². The smallest absolute Gasteiger partial charge is 0.337 e. The molecule has 1 N–H and O–H groups in total. The van der Waals surface area contributed by atoms with Crippen molar-refractivity contribution in [3.05, 3.63) is 35.4 Å². The summed E-state index contributed by atoms with van der Waals surface area (Å²) in [5.41, 5.74) is 0.938. The zero-order chi connectivity index (χ0) is 17.7. The van der Waals surface area contributed by atoms with Gasteiger partial charge in [-0.1, -0.05) is 13.8 Å². The number of piperidine rings is 1. The van der Waals surface area contributed by atoms with Crippen molar-refractivity contribution in [2.24, 2.45) is 5.92 Å². The fraction of sp³-hybridized carbons (Fsp3) is 0.500. The highest BCUT2D eigenvalue weighted by Crippen LogP contribution is 2.15. The van der Waals surface area contributed by atoms with E-state index in [-0.39, 0.29) is 23.8 Å². The van der Waals surface area contributed by atoms with Crippen molar-refractivity contribution in [3.63, 3.8) is 0 Å². The molecule has 2 rings (SSSR count). The molecule has 0 spiro atoms. The first-order valence-electron chi connectivity index (χ1n) is 8.20. The van der Waals surface area contributed by atoms with Crippen LogP contribution in [0.2, 0.25) is 0 Å². The monoisotopic (exact) mass is 332 g/mol. The fourth-order valence-corrected chi connectivity index (χ4v) is 2.70. The fourth-order valence-electron chi connectivity index (χ4n) is 2.70. The van der Waals surface area contributed by atoms with Crippen LogP contribution in [0.1, 0.15) is 47.4 Å². The van der Waals surface area contributed by atoms with E-state index in [1.807, 2.05) is 13.8 Å². The van der Waals surface area contributed by atoms with Crippen molar-refractivity contribution in [1.29, 1.82) is 0 Å². The SMILES string of the molecule is COC(=O)c1ccc(C(=O)N2CCCC(NC(=O)C(C)C)C2)cc1. The van der Waals surface area contributed by atoms with Gasteiger partial charge >= 0.3 is 5.97 Å². The number of carbonyl (C=O) groups is 3. The molecule has 6 heteroatoms. The summed E-state index contributed by atoms with van der Waals surface area (Å²) in [6.07, 6.45) is 1.73. The first-order chi connectivity index (χ1) is 11.4. The molecule has 1 atom stereocenters. The Labute approximate surface area is 142 Å².